The van der Waals surface area contributed by atoms with Crippen LogP contribution in [-0.4, -0.2) is 24.0 Å². The highest BCUT2D eigenvalue weighted by atomic mass is 16.2. The number of hydrogen-bond acceptors (Lipinski definition) is 2. The van der Waals surface area contributed by atoms with E-state index in [1.54, 1.807) is 0 Å². The zero-order chi connectivity index (χ0) is 9.31. The zero-order valence-electron chi connectivity index (χ0n) is 8.23. The van der Waals surface area contributed by atoms with Crippen LogP contribution in [0.2, 0.25) is 0 Å². The molecule has 13 heavy (non-hydrogen) atoms. The van der Waals surface area contributed by atoms with Crippen molar-refractivity contribution in [3.05, 3.63) is 0 Å². The lowest BCUT2D eigenvalue weighted by Crippen LogP contribution is -2.49. The summed E-state index contributed by atoms with van der Waals surface area (Å²) in [4.78, 5) is 11.7. The molecule has 1 saturated heterocycles. The van der Waals surface area contributed by atoms with E-state index in [0.717, 1.165) is 25.8 Å². The van der Waals surface area contributed by atoms with Gasteiger partial charge in [0.2, 0.25) is 5.91 Å². The molecule has 0 aromatic rings. The van der Waals surface area contributed by atoms with Gasteiger partial charge in [0, 0.05) is 5.54 Å². The van der Waals surface area contributed by atoms with Crippen molar-refractivity contribution in [1.82, 2.24) is 10.6 Å². The van der Waals surface area contributed by atoms with Gasteiger partial charge in [0.15, 0.2) is 0 Å². The third-order valence-corrected chi connectivity index (χ3v) is 3.05. The summed E-state index contributed by atoms with van der Waals surface area (Å²) in [6, 6.07) is 0.0752. The molecule has 3 heteroatoms. The van der Waals surface area contributed by atoms with Gasteiger partial charge in [-0.3, -0.25) is 4.79 Å². The highest BCUT2D eigenvalue weighted by Gasteiger charge is 2.39. The summed E-state index contributed by atoms with van der Waals surface area (Å²) in [7, 11) is 0. The van der Waals surface area contributed by atoms with E-state index in [4.69, 9.17) is 0 Å². The van der Waals surface area contributed by atoms with Crippen LogP contribution in [0, 0.1) is 0 Å². The van der Waals surface area contributed by atoms with Gasteiger partial charge in [-0.1, -0.05) is 6.42 Å². The van der Waals surface area contributed by atoms with E-state index < -0.39 is 0 Å². The highest BCUT2D eigenvalue weighted by molar-refractivity contribution is 5.82. The summed E-state index contributed by atoms with van der Waals surface area (Å²) in [6.45, 7) is 3.11. The summed E-state index contributed by atoms with van der Waals surface area (Å²) >= 11 is 0. The molecule has 0 aromatic carbocycles. The Morgan fingerprint density at radius 1 is 1.46 bits per heavy atom. The lowest BCUT2D eigenvalue weighted by Gasteiger charge is -2.24. The van der Waals surface area contributed by atoms with E-state index in [1.807, 2.05) is 0 Å². The molecule has 0 radical (unpaired) electrons. The first-order valence-corrected chi connectivity index (χ1v) is 5.25. The van der Waals surface area contributed by atoms with Gasteiger partial charge < -0.3 is 10.6 Å². The van der Waals surface area contributed by atoms with Gasteiger partial charge in [-0.05, 0) is 39.2 Å². The molecule has 0 spiro atoms. The third kappa shape index (κ3) is 2.21. The van der Waals surface area contributed by atoms with Crippen LogP contribution in [0.3, 0.4) is 0 Å². The van der Waals surface area contributed by atoms with Gasteiger partial charge in [-0.15, -0.1) is 0 Å². The van der Waals surface area contributed by atoms with Crippen LogP contribution < -0.4 is 10.6 Å². The molecule has 1 saturated carbocycles. The summed E-state index contributed by atoms with van der Waals surface area (Å²) in [5.74, 6) is 0.208. The lowest BCUT2D eigenvalue weighted by atomic mass is 10.0. The number of hydrogen-bond donors (Lipinski definition) is 2. The molecule has 0 bridgehead atoms. The van der Waals surface area contributed by atoms with Crippen molar-refractivity contribution in [2.24, 2.45) is 0 Å². The maximum absolute atomic E-state index is 11.7. The molecule has 1 amide bonds. The summed E-state index contributed by atoms with van der Waals surface area (Å²) < 4.78 is 0. The smallest absolute Gasteiger partial charge is 0.237 e. The molecule has 3 nitrogen and oxygen atoms in total. The Hall–Kier alpha value is -0.570. The number of piperidine rings is 1. The molecule has 1 heterocycles. The van der Waals surface area contributed by atoms with E-state index in [0.29, 0.717) is 0 Å². The first kappa shape index (κ1) is 9.00. The second-order valence-corrected chi connectivity index (χ2v) is 4.55. The molecule has 0 aromatic heterocycles. The maximum Gasteiger partial charge on any atom is 0.237 e. The van der Waals surface area contributed by atoms with Gasteiger partial charge in [0.1, 0.15) is 0 Å². The van der Waals surface area contributed by atoms with Crippen LogP contribution in [0.15, 0.2) is 0 Å². The average Bonchev–Trinajstić information content (AvgIpc) is 2.85. The minimum atomic E-state index is 0.0752. The quantitative estimate of drug-likeness (QED) is 0.663. The molecule has 1 aliphatic heterocycles. The number of carbonyl (C=O) groups excluding carboxylic acids is 1. The first-order chi connectivity index (χ1) is 6.20. The Bertz CT molecular complexity index is 205. The standard InChI is InChI=1S/C10H18N2O/c1-10(5-6-10)12-9(13)8-4-2-3-7-11-8/h8,11H,2-7H2,1H3,(H,12,13)/t8-/m1/s1. The van der Waals surface area contributed by atoms with Crippen LogP contribution in [0.1, 0.15) is 39.0 Å². The van der Waals surface area contributed by atoms with Gasteiger partial charge in [-0.25, -0.2) is 0 Å². The minimum absolute atomic E-state index is 0.0752. The van der Waals surface area contributed by atoms with Crippen LogP contribution in [0.5, 0.6) is 0 Å². The highest BCUT2D eigenvalue weighted by Crippen LogP contribution is 2.34. The van der Waals surface area contributed by atoms with Crippen molar-refractivity contribution in [3.63, 3.8) is 0 Å². The summed E-state index contributed by atoms with van der Waals surface area (Å²) in [5.41, 5.74) is 0.135. The molecule has 2 rings (SSSR count). The predicted molar refractivity (Wildman–Crippen MR) is 51.4 cm³/mol. The zero-order valence-corrected chi connectivity index (χ0v) is 8.23. The van der Waals surface area contributed by atoms with Crippen molar-refractivity contribution in [1.29, 1.82) is 0 Å². The van der Waals surface area contributed by atoms with Gasteiger partial charge in [0.05, 0.1) is 6.04 Å². The largest absolute Gasteiger partial charge is 0.350 e. The van der Waals surface area contributed by atoms with Crippen LogP contribution >= 0.6 is 0 Å². The fourth-order valence-corrected chi connectivity index (χ4v) is 1.77. The Kier molecular flexibility index (Phi) is 2.28. The molecule has 0 unspecified atom stereocenters. The maximum atomic E-state index is 11.7. The topological polar surface area (TPSA) is 41.1 Å². The van der Waals surface area contributed by atoms with Crippen molar-refractivity contribution in [2.75, 3.05) is 6.54 Å². The molecule has 2 aliphatic rings. The second-order valence-electron chi connectivity index (χ2n) is 4.55. The van der Waals surface area contributed by atoms with Gasteiger partial charge in [0.25, 0.3) is 0 Å². The molecule has 1 atom stereocenters. The number of amides is 1. The fraction of sp³-hybridized carbons (Fsp3) is 0.900. The number of nitrogens with one attached hydrogen (secondary N) is 2. The Morgan fingerprint density at radius 2 is 2.23 bits per heavy atom. The first-order valence-electron chi connectivity index (χ1n) is 5.25. The fourth-order valence-electron chi connectivity index (χ4n) is 1.77. The molecule has 74 valence electrons. The minimum Gasteiger partial charge on any atom is -0.350 e. The van der Waals surface area contributed by atoms with E-state index in [9.17, 15) is 4.79 Å². The van der Waals surface area contributed by atoms with Gasteiger partial charge >= 0.3 is 0 Å². The second kappa shape index (κ2) is 3.29. The SMILES string of the molecule is CC1(NC(=O)[C@H]2CCCCN2)CC1. The number of carbonyl (C=O) groups is 1. The van der Waals surface area contributed by atoms with Crippen LogP contribution in [0.25, 0.3) is 0 Å². The molecule has 2 fully saturated rings. The molecular weight excluding hydrogens is 164 g/mol. The Morgan fingerprint density at radius 3 is 2.77 bits per heavy atom. The van der Waals surface area contributed by atoms with Crippen LogP contribution in [-0.2, 0) is 4.79 Å². The Balaban J connectivity index is 1.81. The average molecular weight is 182 g/mol. The van der Waals surface area contributed by atoms with E-state index in [2.05, 4.69) is 17.6 Å². The van der Waals surface area contributed by atoms with E-state index >= 15 is 0 Å². The summed E-state index contributed by atoms with van der Waals surface area (Å²) in [5, 5.41) is 6.36. The predicted octanol–water partition coefficient (Wildman–Crippen LogP) is 0.797. The normalized spacial score (nSPS) is 31.0. The Labute approximate surface area is 79.3 Å². The van der Waals surface area contributed by atoms with E-state index in [-0.39, 0.29) is 17.5 Å². The number of rotatable bonds is 2. The molecule has 1 aliphatic carbocycles. The molecule has 2 N–H and O–H groups in total. The van der Waals surface area contributed by atoms with E-state index in [1.165, 1.54) is 12.8 Å². The molecular formula is C10H18N2O. The van der Waals surface area contributed by atoms with Crippen molar-refractivity contribution in [3.8, 4) is 0 Å². The van der Waals surface area contributed by atoms with Gasteiger partial charge in [-0.2, -0.15) is 0 Å². The third-order valence-electron chi connectivity index (χ3n) is 3.05. The lowest BCUT2D eigenvalue weighted by molar-refractivity contribution is -0.124. The van der Waals surface area contributed by atoms with Crippen molar-refractivity contribution in [2.45, 2.75) is 50.6 Å². The van der Waals surface area contributed by atoms with Crippen molar-refractivity contribution < 1.29 is 4.79 Å². The summed E-state index contributed by atoms with van der Waals surface area (Å²) in [6.07, 6.45) is 5.68. The van der Waals surface area contributed by atoms with Crippen molar-refractivity contribution >= 4 is 5.91 Å². The van der Waals surface area contributed by atoms with Crippen LogP contribution in [0.4, 0.5) is 0 Å². The monoisotopic (exact) mass is 182 g/mol.